The summed E-state index contributed by atoms with van der Waals surface area (Å²) >= 11 is 0. The molecule has 1 aliphatic carbocycles. The summed E-state index contributed by atoms with van der Waals surface area (Å²) in [6.07, 6.45) is 4.55. The minimum Gasteiger partial charge on any atom is -0.391 e. The number of rotatable bonds is 4. The number of carbonyl (C=O) groups is 1. The van der Waals surface area contributed by atoms with E-state index in [0.29, 0.717) is 6.54 Å². The highest BCUT2D eigenvalue weighted by Crippen LogP contribution is 2.19. The molecule has 100 valence electrons. The molecule has 4 heteroatoms. The minimum atomic E-state index is -0.396. The van der Waals surface area contributed by atoms with Gasteiger partial charge in [-0.15, -0.1) is 0 Å². The van der Waals surface area contributed by atoms with Crippen LogP contribution in [0.4, 0.5) is 0 Å². The van der Waals surface area contributed by atoms with Gasteiger partial charge in [0, 0.05) is 6.54 Å². The number of aliphatic hydroxyl groups is 1. The molecule has 0 aliphatic heterocycles. The Morgan fingerprint density at radius 2 is 2.00 bits per heavy atom. The summed E-state index contributed by atoms with van der Waals surface area (Å²) in [4.78, 5) is 12.0. The lowest BCUT2D eigenvalue weighted by Gasteiger charge is -2.26. The van der Waals surface area contributed by atoms with E-state index in [1.807, 2.05) is 13.8 Å². The Kier molecular flexibility index (Phi) is 5.92. The van der Waals surface area contributed by atoms with Crippen molar-refractivity contribution in [3.8, 4) is 0 Å². The van der Waals surface area contributed by atoms with Crippen LogP contribution < -0.4 is 11.1 Å². The number of hydrogen-bond acceptors (Lipinski definition) is 3. The molecule has 4 nitrogen and oxygen atoms in total. The third-order valence-electron chi connectivity index (χ3n) is 3.70. The molecule has 0 aromatic carbocycles. The smallest absolute Gasteiger partial charge is 0.224 e. The van der Waals surface area contributed by atoms with Crippen molar-refractivity contribution in [2.24, 2.45) is 17.6 Å². The van der Waals surface area contributed by atoms with Gasteiger partial charge < -0.3 is 16.2 Å². The molecular formula is C13H26N2O2. The molecule has 1 rings (SSSR count). The van der Waals surface area contributed by atoms with Gasteiger partial charge in [-0.25, -0.2) is 0 Å². The van der Waals surface area contributed by atoms with Gasteiger partial charge in [-0.3, -0.25) is 4.79 Å². The third kappa shape index (κ3) is 4.28. The normalized spacial score (nSPS) is 27.6. The Morgan fingerprint density at radius 3 is 2.59 bits per heavy atom. The van der Waals surface area contributed by atoms with Crippen LogP contribution in [0, 0.1) is 11.8 Å². The van der Waals surface area contributed by atoms with Crippen molar-refractivity contribution in [2.45, 2.75) is 58.1 Å². The Balaban J connectivity index is 2.53. The summed E-state index contributed by atoms with van der Waals surface area (Å²) < 4.78 is 0. The summed E-state index contributed by atoms with van der Waals surface area (Å²) in [5.41, 5.74) is 5.62. The fourth-order valence-electron chi connectivity index (χ4n) is 2.43. The second-order valence-electron chi connectivity index (χ2n) is 5.41. The third-order valence-corrected chi connectivity index (χ3v) is 3.70. The van der Waals surface area contributed by atoms with Crippen LogP contribution in [0.5, 0.6) is 0 Å². The highest BCUT2D eigenvalue weighted by molar-refractivity contribution is 5.79. The molecule has 0 heterocycles. The fraction of sp³-hybridized carbons (Fsp3) is 0.923. The molecule has 17 heavy (non-hydrogen) atoms. The van der Waals surface area contributed by atoms with E-state index in [1.165, 1.54) is 0 Å². The van der Waals surface area contributed by atoms with Crippen LogP contribution in [-0.4, -0.2) is 29.7 Å². The average Bonchev–Trinajstić information content (AvgIpc) is 2.45. The summed E-state index contributed by atoms with van der Waals surface area (Å²) in [5, 5.41) is 12.9. The molecule has 0 bridgehead atoms. The maximum Gasteiger partial charge on any atom is 0.224 e. The van der Waals surface area contributed by atoms with Crippen LogP contribution in [-0.2, 0) is 4.79 Å². The monoisotopic (exact) mass is 242 g/mol. The fourth-order valence-corrected chi connectivity index (χ4v) is 2.43. The molecule has 4 N–H and O–H groups in total. The van der Waals surface area contributed by atoms with Crippen LogP contribution in [0.1, 0.15) is 46.0 Å². The van der Waals surface area contributed by atoms with Gasteiger partial charge in [0.15, 0.2) is 0 Å². The lowest BCUT2D eigenvalue weighted by Crippen LogP contribution is -2.47. The molecule has 0 saturated heterocycles. The molecule has 0 aromatic heterocycles. The van der Waals surface area contributed by atoms with Gasteiger partial charge in [0.1, 0.15) is 0 Å². The Bertz CT molecular complexity index is 244. The van der Waals surface area contributed by atoms with Crippen LogP contribution in [0.2, 0.25) is 0 Å². The first-order valence-corrected chi connectivity index (χ1v) is 6.74. The van der Waals surface area contributed by atoms with E-state index in [1.54, 1.807) is 0 Å². The van der Waals surface area contributed by atoms with Gasteiger partial charge in [-0.1, -0.05) is 33.1 Å². The summed E-state index contributed by atoms with van der Waals surface area (Å²) in [6, 6.07) is -0.0854. The van der Waals surface area contributed by atoms with E-state index >= 15 is 0 Å². The van der Waals surface area contributed by atoms with E-state index in [2.05, 4.69) is 5.32 Å². The predicted molar refractivity (Wildman–Crippen MR) is 68.4 cm³/mol. The summed E-state index contributed by atoms with van der Waals surface area (Å²) in [5.74, 6) is 0.0850. The van der Waals surface area contributed by atoms with Crippen molar-refractivity contribution in [1.29, 1.82) is 0 Å². The van der Waals surface area contributed by atoms with Crippen molar-refractivity contribution in [1.82, 2.24) is 5.32 Å². The number of hydrogen-bond donors (Lipinski definition) is 3. The Hall–Kier alpha value is -0.610. The molecule has 1 aliphatic rings. The van der Waals surface area contributed by atoms with Gasteiger partial charge in [0.05, 0.1) is 18.1 Å². The maximum absolute atomic E-state index is 12.0. The summed E-state index contributed by atoms with van der Waals surface area (Å²) in [7, 11) is 0. The van der Waals surface area contributed by atoms with Crippen molar-refractivity contribution in [3.05, 3.63) is 0 Å². The maximum atomic E-state index is 12.0. The molecular weight excluding hydrogens is 216 g/mol. The topological polar surface area (TPSA) is 75.4 Å². The Labute approximate surface area is 104 Å². The summed E-state index contributed by atoms with van der Waals surface area (Å²) in [6.45, 7) is 4.37. The quantitative estimate of drug-likeness (QED) is 0.644. The molecule has 1 fully saturated rings. The van der Waals surface area contributed by atoms with E-state index in [9.17, 15) is 9.90 Å². The number of nitrogens with two attached hydrogens (primary N) is 1. The second kappa shape index (κ2) is 6.97. The van der Waals surface area contributed by atoms with Crippen LogP contribution >= 0.6 is 0 Å². The molecule has 3 unspecified atom stereocenters. The highest BCUT2D eigenvalue weighted by atomic mass is 16.3. The second-order valence-corrected chi connectivity index (χ2v) is 5.41. The van der Waals surface area contributed by atoms with Crippen LogP contribution in [0.25, 0.3) is 0 Å². The van der Waals surface area contributed by atoms with Crippen molar-refractivity contribution in [3.63, 3.8) is 0 Å². The van der Waals surface area contributed by atoms with E-state index in [-0.39, 0.29) is 23.8 Å². The van der Waals surface area contributed by atoms with Gasteiger partial charge in [-0.05, 0) is 18.8 Å². The molecule has 0 spiro atoms. The molecule has 3 atom stereocenters. The van der Waals surface area contributed by atoms with E-state index in [4.69, 9.17) is 5.73 Å². The van der Waals surface area contributed by atoms with Gasteiger partial charge in [0.25, 0.3) is 0 Å². The average molecular weight is 242 g/mol. The van der Waals surface area contributed by atoms with Crippen LogP contribution in [0.15, 0.2) is 0 Å². The predicted octanol–water partition coefficient (Wildman–Crippen LogP) is 1.03. The number of amides is 1. The Morgan fingerprint density at radius 1 is 1.35 bits per heavy atom. The van der Waals surface area contributed by atoms with Gasteiger partial charge in [0.2, 0.25) is 5.91 Å². The molecule has 0 aromatic rings. The first-order valence-electron chi connectivity index (χ1n) is 6.74. The van der Waals surface area contributed by atoms with Crippen molar-refractivity contribution < 1.29 is 9.90 Å². The van der Waals surface area contributed by atoms with Gasteiger partial charge >= 0.3 is 0 Å². The van der Waals surface area contributed by atoms with Gasteiger partial charge in [-0.2, -0.15) is 0 Å². The van der Waals surface area contributed by atoms with Crippen molar-refractivity contribution >= 4 is 5.91 Å². The molecule has 0 radical (unpaired) electrons. The van der Waals surface area contributed by atoms with E-state index in [0.717, 1.165) is 32.1 Å². The minimum absolute atomic E-state index is 0.00606. The number of carbonyl (C=O) groups excluding carboxylic acids is 1. The molecule has 1 saturated carbocycles. The zero-order chi connectivity index (χ0) is 12.8. The zero-order valence-electron chi connectivity index (χ0n) is 11.0. The SMILES string of the molecule is CC(C)C(CN)C(=O)NC1CCCCCC1O. The number of nitrogens with one attached hydrogen (secondary N) is 1. The lowest BCUT2D eigenvalue weighted by molar-refractivity contribution is -0.127. The molecule has 1 amide bonds. The largest absolute Gasteiger partial charge is 0.391 e. The first kappa shape index (κ1) is 14.5. The van der Waals surface area contributed by atoms with Crippen molar-refractivity contribution in [2.75, 3.05) is 6.54 Å². The van der Waals surface area contributed by atoms with Crippen LogP contribution in [0.3, 0.4) is 0 Å². The lowest BCUT2D eigenvalue weighted by atomic mass is 9.94. The first-order chi connectivity index (χ1) is 8.06. The number of aliphatic hydroxyl groups excluding tert-OH is 1. The zero-order valence-corrected chi connectivity index (χ0v) is 11.0. The standard InChI is InChI=1S/C13H26N2O2/c1-9(2)10(8-14)13(17)15-11-6-4-3-5-7-12(11)16/h9-12,16H,3-8,14H2,1-2H3,(H,15,17). The van der Waals surface area contributed by atoms with E-state index < -0.39 is 6.10 Å². The highest BCUT2D eigenvalue weighted by Gasteiger charge is 2.27.